The second-order valence-electron chi connectivity index (χ2n) is 7.55. The average molecular weight is 397 g/mol. The van der Waals surface area contributed by atoms with Crippen LogP contribution in [0.3, 0.4) is 0 Å². The lowest BCUT2D eigenvalue weighted by Crippen LogP contribution is -2.59. The number of hydrogen-bond acceptors (Lipinski definition) is 5. The van der Waals surface area contributed by atoms with E-state index in [1.54, 1.807) is 25.4 Å². The topological polar surface area (TPSA) is 79.7 Å². The largest absolute Gasteiger partial charge is 0.497 e. The van der Waals surface area contributed by atoms with Gasteiger partial charge < -0.3 is 19.9 Å². The lowest BCUT2D eigenvalue weighted by atomic mass is 9.86. The van der Waals surface area contributed by atoms with Crippen LogP contribution in [0, 0.1) is 0 Å². The minimum atomic E-state index is -0.631. The maximum atomic E-state index is 13.5. The number of aromatic nitrogens is 2. The molecule has 1 aromatic heterocycles. The quantitative estimate of drug-likeness (QED) is 0.831. The van der Waals surface area contributed by atoms with Gasteiger partial charge in [-0.25, -0.2) is 0 Å². The van der Waals surface area contributed by atoms with E-state index in [0.717, 1.165) is 25.9 Å². The molecular formula is C21H27N5O3. The lowest BCUT2D eigenvalue weighted by Gasteiger charge is -2.43. The Hall–Kier alpha value is -2.87. The number of rotatable bonds is 4. The third-order valence-corrected chi connectivity index (χ3v) is 5.94. The predicted molar refractivity (Wildman–Crippen MR) is 108 cm³/mol. The fraction of sp³-hybridized carbons (Fsp3) is 0.476. The van der Waals surface area contributed by atoms with E-state index in [-0.39, 0.29) is 11.8 Å². The first-order chi connectivity index (χ1) is 14.1. The Kier molecular flexibility index (Phi) is 5.53. The number of nitrogens with zero attached hydrogens (tertiary/aromatic N) is 4. The van der Waals surface area contributed by atoms with Crippen LogP contribution in [0.2, 0.25) is 0 Å². The normalized spacial score (nSPS) is 19.1. The van der Waals surface area contributed by atoms with Crippen LogP contribution in [-0.4, -0.2) is 77.8 Å². The van der Waals surface area contributed by atoms with Crippen molar-refractivity contribution in [3.05, 3.63) is 48.3 Å². The molecule has 0 saturated carbocycles. The predicted octanol–water partition coefficient (Wildman–Crippen LogP) is 0.955. The summed E-state index contributed by atoms with van der Waals surface area (Å²) in [5, 5.41) is 7.73. The number of amides is 2. The molecule has 0 spiro atoms. The van der Waals surface area contributed by atoms with Gasteiger partial charge in [0.25, 0.3) is 11.8 Å². The highest BCUT2D eigenvalue weighted by Crippen LogP contribution is 2.30. The molecular weight excluding hydrogens is 370 g/mol. The van der Waals surface area contributed by atoms with E-state index in [1.807, 2.05) is 38.9 Å². The number of piperidine rings is 1. The van der Waals surface area contributed by atoms with Gasteiger partial charge in [0.1, 0.15) is 11.3 Å². The number of methoxy groups -OCH3 is 1. The lowest BCUT2D eigenvalue weighted by molar-refractivity contribution is -0.144. The van der Waals surface area contributed by atoms with Crippen LogP contribution in [0.4, 0.5) is 0 Å². The molecule has 1 aromatic carbocycles. The molecule has 3 heterocycles. The zero-order chi connectivity index (χ0) is 20.3. The van der Waals surface area contributed by atoms with E-state index < -0.39 is 5.54 Å². The number of carbonyl (C=O) groups excluding carboxylic acids is 2. The minimum absolute atomic E-state index is 0.0281. The number of hydrogen-bond donors (Lipinski definition) is 1. The van der Waals surface area contributed by atoms with Crippen molar-refractivity contribution < 1.29 is 14.3 Å². The Morgan fingerprint density at radius 3 is 2.45 bits per heavy atom. The summed E-state index contributed by atoms with van der Waals surface area (Å²) in [7, 11) is 1.59. The van der Waals surface area contributed by atoms with Crippen molar-refractivity contribution in [2.24, 2.45) is 0 Å². The molecule has 2 fully saturated rings. The molecule has 0 bridgehead atoms. The summed E-state index contributed by atoms with van der Waals surface area (Å²) in [4.78, 5) is 30.1. The maximum absolute atomic E-state index is 13.5. The van der Waals surface area contributed by atoms with Crippen molar-refractivity contribution in [1.29, 1.82) is 0 Å². The van der Waals surface area contributed by atoms with Gasteiger partial charge >= 0.3 is 0 Å². The second kappa shape index (κ2) is 8.24. The molecule has 0 radical (unpaired) electrons. The molecule has 0 atom stereocenters. The van der Waals surface area contributed by atoms with Crippen LogP contribution in [-0.2, 0) is 10.3 Å². The van der Waals surface area contributed by atoms with Crippen molar-refractivity contribution >= 4 is 11.8 Å². The average Bonchev–Trinajstić information content (AvgIpc) is 3.34. The molecule has 8 heteroatoms. The first-order valence-electron chi connectivity index (χ1n) is 10.1. The molecule has 4 rings (SSSR count). The van der Waals surface area contributed by atoms with E-state index in [9.17, 15) is 9.59 Å². The molecule has 2 aromatic rings. The fourth-order valence-corrected chi connectivity index (χ4v) is 4.25. The Morgan fingerprint density at radius 2 is 1.79 bits per heavy atom. The van der Waals surface area contributed by atoms with Crippen molar-refractivity contribution in [2.75, 3.05) is 46.4 Å². The highest BCUT2D eigenvalue weighted by Gasteiger charge is 2.45. The highest BCUT2D eigenvalue weighted by atomic mass is 16.5. The number of ether oxygens (including phenoxy) is 1. The Bertz CT molecular complexity index is 853. The van der Waals surface area contributed by atoms with Gasteiger partial charge in [0.05, 0.1) is 7.11 Å². The zero-order valence-corrected chi connectivity index (χ0v) is 16.7. The highest BCUT2D eigenvalue weighted by molar-refractivity contribution is 5.95. The van der Waals surface area contributed by atoms with E-state index in [1.165, 1.54) is 0 Å². The summed E-state index contributed by atoms with van der Waals surface area (Å²) in [6.45, 7) is 3.69. The standard InChI is InChI=1S/C21H27N5O3/c1-29-18-5-2-4-17(16-18)19(27)24-12-14-25(15-13-24)20(28)21(6-9-22-10-7-21)26-11-3-8-23-26/h2-5,8,11,16,22H,6-7,9-10,12-15H2,1H3. The van der Waals surface area contributed by atoms with E-state index in [0.29, 0.717) is 37.5 Å². The zero-order valence-electron chi connectivity index (χ0n) is 16.7. The van der Waals surface area contributed by atoms with Gasteiger partial charge in [0.2, 0.25) is 0 Å². The van der Waals surface area contributed by atoms with Crippen molar-refractivity contribution in [3.8, 4) is 5.75 Å². The van der Waals surface area contributed by atoms with Gasteiger partial charge in [0.15, 0.2) is 0 Å². The van der Waals surface area contributed by atoms with Crippen LogP contribution in [0.1, 0.15) is 23.2 Å². The second-order valence-corrected chi connectivity index (χ2v) is 7.55. The summed E-state index contributed by atoms with van der Waals surface area (Å²) in [5.41, 5.74) is -0.0243. The van der Waals surface area contributed by atoms with Gasteiger partial charge in [-0.15, -0.1) is 0 Å². The number of benzene rings is 1. The fourth-order valence-electron chi connectivity index (χ4n) is 4.25. The van der Waals surface area contributed by atoms with Crippen LogP contribution in [0.25, 0.3) is 0 Å². The van der Waals surface area contributed by atoms with Crippen molar-refractivity contribution in [2.45, 2.75) is 18.4 Å². The maximum Gasteiger partial charge on any atom is 0.254 e. The molecule has 8 nitrogen and oxygen atoms in total. The molecule has 2 amide bonds. The van der Waals surface area contributed by atoms with Gasteiger partial charge in [-0.05, 0) is 50.2 Å². The van der Waals surface area contributed by atoms with Gasteiger partial charge in [0, 0.05) is 44.1 Å². The smallest absolute Gasteiger partial charge is 0.254 e. The third-order valence-electron chi connectivity index (χ3n) is 5.94. The van der Waals surface area contributed by atoms with Gasteiger partial charge in [-0.2, -0.15) is 5.10 Å². The molecule has 2 aliphatic heterocycles. The summed E-state index contributed by atoms with van der Waals surface area (Å²) in [6, 6.07) is 9.05. The first kappa shape index (κ1) is 19.4. The van der Waals surface area contributed by atoms with Crippen LogP contribution in [0.5, 0.6) is 5.75 Å². The summed E-state index contributed by atoms with van der Waals surface area (Å²) >= 11 is 0. The van der Waals surface area contributed by atoms with Gasteiger partial charge in [-0.3, -0.25) is 14.3 Å². The molecule has 2 saturated heterocycles. The Labute approximate surface area is 170 Å². The van der Waals surface area contributed by atoms with E-state index >= 15 is 0 Å². The number of nitrogens with one attached hydrogen (secondary N) is 1. The molecule has 0 unspecified atom stereocenters. The molecule has 154 valence electrons. The van der Waals surface area contributed by atoms with Crippen molar-refractivity contribution in [3.63, 3.8) is 0 Å². The Balaban J connectivity index is 1.44. The summed E-state index contributed by atoms with van der Waals surface area (Å²) in [6.07, 6.45) is 5.04. The third kappa shape index (κ3) is 3.72. The molecule has 1 N–H and O–H groups in total. The first-order valence-corrected chi connectivity index (χ1v) is 10.1. The summed E-state index contributed by atoms with van der Waals surface area (Å²) in [5.74, 6) is 0.743. The number of carbonyl (C=O) groups is 2. The van der Waals surface area contributed by atoms with Crippen LogP contribution >= 0.6 is 0 Å². The van der Waals surface area contributed by atoms with Crippen LogP contribution in [0.15, 0.2) is 42.7 Å². The molecule has 0 aliphatic carbocycles. The van der Waals surface area contributed by atoms with Gasteiger partial charge in [-0.1, -0.05) is 6.07 Å². The molecule has 2 aliphatic rings. The molecule has 29 heavy (non-hydrogen) atoms. The van der Waals surface area contributed by atoms with Crippen LogP contribution < -0.4 is 10.1 Å². The van der Waals surface area contributed by atoms with Crippen molar-refractivity contribution in [1.82, 2.24) is 24.9 Å². The minimum Gasteiger partial charge on any atom is -0.497 e. The van der Waals surface area contributed by atoms with E-state index in [4.69, 9.17) is 4.74 Å². The monoisotopic (exact) mass is 397 g/mol. The Morgan fingerprint density at radius 1 is 1.07 bits per heavy atom. The number of piperazine rings is 1. The summed E-state index contributed by atoms with van der Waals surface area (Å²) < 4.78 is 7.04. The SMILES string of the molecule is COc1cccc(C(=O)N2CCN(C(=O)C3(n4cccn4)CCNCC3)CC2)c1. The van der Waals surface area contributed by atoms with E-state index in [2.05, 4.69) is 10.4 Å².